The Hall–Kier alpha value is -2.86. The van der Waals surface area contributed by atoms with Crippen LogP contribution in [0.3, 0.4) is 0 Å². The maximum Gasteiger partial charge on any atom is 2.00 e. The molecule has 0 aliphatic heterocycles. The zero-order valence-corrected chi connectivity index (χ0v) is 32.4. The summed E-state index contributed by atoms with van der Waals surface area (Å²) in [5.41, 5.74) is 0.525. The van der Waals surface area contributed by atoms with Gasteiger partial charge in [-0.15, -0.1) is 11.2 Å². The molecule has 2 unspecified atom stereocenters. The monoisotopic (exact) mass is 726 g/mol. The first kappa shape index (κ1) is 38.9. The Morgan fingerprint density at radius 3 is 0.898 bits per heavy atom. The van der Waals surface area contributed by atoms with Crippen LogP contribution in [0.1, 0.15) is 54.4 Å². The molecule has 4 aromatic rings. The summed E-state index contributed by atoms with van der Waals surface area (Å²) in [5.74, 6) is -0.0388. The summed E-state index contributed by atoms with van der Waals surface area (Å²) >= 11 is 0. The molecular formula is C44H48FeO2P2. The van der Waals surface area contributed by atoms with Crippen LogP contribution in [-0.2, 0) is 17.1 Å². The van der Waals surface area contributed by atoms with Crippen LogP contribution in [0.4, 0.5) is 0 Å². The van der Waals surface area contributed by atoms with E-state index in [4.69, 9.17) is 0 Å². The van der Waals surface area contributed by atoms with Crippen molar-refractivity contribution in [3.63, 3.8) is 0 Å². The second-order valence-electron chi connectivity index (χ2n) is 13.5. The molecule has 5 heteroatoms. The second-order valence-corrected chi connectivity index (χ2v) is 17.9. The fourth-order valence-electron chi connectivity index (χ4n) is 7.01. The minimum atomic E-state index is -1.01. The van der Waals surface area contributed by atoms with Gasteiger partial charge < -0.3 is 10.2 Å². The van der Waals surface area contributed by atoms with E-state index in [0.717, 1.165) is 12.8 Å². The third-order valence-electron chi connectivity index (χ3n) is 9.05. The molecule has 2 atom stereocenters. The summed E-state index contributed by atoms with van der Waals surface area (Å²) in [6.45, 7) is 11.6. The Labute approximate surface area is 307 Å². The van der Waals surface area contributed by atoms with Gasteiger partial charge in [0.05, 0.1) is 0 Å². The number of hydrogen-bond donors (Lipinski definition) is 0. The predicted octanol–water partition coefficient (Wildman–Crippen LogP) is 8.21. The topological polar surface area (TPSA) is 46.1 Å². The number of rotatable bonds is 10. The van der Waals surface area contributed by atoms with E-state index in [-0.39, 0.29) is 28.9 Å². The molecule has 0 saturated heterocycles. The van der Waals surface area contributed by atoms with E-state index >= 15 is 0 Å². The fourth-order valence-corrected chi connectivity index (χ4v) is 12.6. The molecule has 254 valence electrons. The zero-order chi connectivity index (χ0) is 34.3. The van der Waals surface area contributed by atoms with Crippen LogP contribution >= 0.6 is 15.8 Å². The standard InChI is InChI=1S/2C22H24OP.Fe/c2*1-4-17-15-16-20(21(17)22(2,3)23)24(18-11-7-5-8-12-18)19-13-9-6-10-14-19;/h2*5-16,21H,4H2,1-3H3;/q2*-1;+2. The molecule has 6 rings (SSSR count). The summed E-state index contributed by atoms with van der Waals surface area (Å²) < 4.78 is 0. The molecule has 0 radical (unpaired) electrons. The average molecular weight is 727 g/mol. The second kappa shape index (κ2) is 17.4. The maximum absolute atomic E-state index is 13.0. The number of benzene rings is 4. The van der Waals surface area contributed by atoms with E-state index in [0.29, 0.717) is 0 Å². The van der Waals surface area contributed by atoms with Gasteiger partial charge in [-0.05, 0) is 72.4 Å². The third kappa shape index (κ3) is 9.28. The molecular weight excluding hydrogens is 678 g/mol. The van der Waals surface area contributed by atoms with Crippen molar-refractivity contribution in [2.75, 3.05) is 0 Å². The van der Waals surface area contributed by atoms with Crippen molar-refractivity contribution in [3.05, 3.63) is 167 Å². The largest absolute Gasteiger partial charge is 2.00 e. The fraction of sp³-hybridized carbons (Fsp3) is 0.273. The third-order valence-corrected chi connectivity index (χ3v) is 14.2. The summed E-state index contributed by atoms with van der Waals surface area (Å²) in [6, 6.07) is 42.5. The Kier molecular flexibility index (Phi) is 13.8. The van der Waals surface area contributed by atoms with Crippen molar-refractivity contribution in [1.82, 2.24) is 0 Å². The van der Waals surface area contributed by atoms with Gasteiger partial charge in [-0.2, -0.15) is 0 Å². The summed E-state index contributed by atoms with van der Waals surface area (Å²) in [7, 11) is -1.36. The number of allylic oxidation sites excluding steroid dienone is 4. The molecule has 49 heavy (non-hydrogen) atoms. The molecule has 0 spiro atoms. The van der Waals surface area contributed by atoms with Crippen LogP contribution in [0.5, 0.6) is 0 Å². The van der Waals surface area contributed by atoms with Crippen molar-refractivity contribution >= 4 is 37.1 Å². The van der Waals surface area contributed by atoms with Crippen molar-refractivity contribution in [1.29, 1.82) is 0 Å². The zero-order valence-electron chi connectivity index (χ0n) is 29.5. The van der Waals surface area contributed by atoms with Gasteiger partial charge in [0.2, 0.25) is 0 Å². The molecule has 0 heterocycles. The van der Waals surface area contributed by atoms with Gasteiger partial charge in [-0.3, -0.25) is 0 Å². The van der Waals surface area contributed by atoms with Gasteiger partial charge in [-0.1, -0.05) is 198 Å². The molecule has 0 fully saturated rings. The van der Waals surface area contributed by atoms with Crippen LogP contribution in [0.15, 0.2) is 167 Å². The molecule has 0 saturated carbocycles. The van der Waals surface area contributed by atoms with Crippen LogP contribution < -0.4 is 31.4 Å². The van der Waals surface area contributed by atoms with Crippen LogP contribution in [0.25, 0.3) is 0 Å². The molecule has 4 aromatic carbocycles. The molecule has 2 aliphatic rings. The van der Waals surface area contributed by atoms with Crippen molar-refractivity contribution < 1.29 is 27.3 Å². The van der Waals surface area contributed by atoms with Gasteiger partial charge in [0.25, 0.3) is 0 Å². The maximum atomic E-state index is 13.0. The van der Waals surface area contributed by atoms with Crippen molar-refractivity contribution in [2.45, 2.75) is 65.6 Å². The first-order valence-electron chi connectivity index (χ1n) is 17.1. The predicted molar refractivity (Wildman–Crippen MR) is 206 cm³/mol. The normalized spacial score (nSPS) is 17.4. The summed E-state index contributed by atoms with van der Waals surface area (Å²) in [6.07, 6.45) is 10.7. The first-order chi connectivity index (χ1) is 23.0. The van der Waals surface area contributed by atoms with Crippen LogP contribution in [0.2, 0.25) is 0 Å². The van der Waals surface area contributed by atoms with Gasteiger partial charge in [0, 0.05) is 0 Å². The quantitative estimate of drug-likeness (QED) is 0.122. The van der Waals surface area contributed by atoms with E-state index in [1.807, 2.05) is 27.7 Å². The Bertz CT molecular complexity index is 1540. The summed E-state index contributed by atoms with van der Waals surface area (Å²) in [4.78, 5) is 0. The SMILES string of the molecule is CCC1=CC=C(P(c2ccccc2)c2ccccc2)C1C(C)(C)[O-].CCC1=CC=C(P(c2ccccc2)c2ccccc2)C1C(C)(C)[O-].[Fe+2]. The minimum Gasteiger partial charge on any atom is -0.849 e. The van der Waals surface area contributed by atoms with Gasteiger partial charge in [0.1, 0.15) is 0 Å². The molecule has 0 bridgehead atoms. The van der Waals surface area contributed by atoms with E-state index in [1.165, 1.54) is 43.0 Å². The molecule has 2 aliphatic carbocycles. The molecule has 2 nitrogen and oxygen atoms in total. The van der Waals surface area contributed by atoms with Crippen molar-refractivity contribution in [2.24, 2.45) is 11.8 Å². The summed E-state index contributed by atoms with van der Waals surface area (Å²) in [5, 5.41) is 33.8. The van der Waals surface area contributed by atoms with E-state index in [1.54, 1.807) is 0 Å². The molecule has 0 amide bonds. The van der Waals surface area contributed by atoms with Crippen LogP contribution in [0, 0.1) is 11.8 Å². The van der Waals surface area contributed by atoms with Gasteiger partial charge in [-0.25, -0.2) is 0 Å². The van der Waals surface area contributed by atoms with Crippen LogP contribution in [-0.4, -0.2) is 11.2 Å². The van der Waals surface area contributed by atoms with E-state index in [9.17, 15) is 10.2 Å². The van der Waals surface area contributed by atoms with Gasteiger partial charge in [0.15, 0.2) is 0 Å². The van der Waals surface area contributed by atoms with E-state index < -0.39 is 27.0 Å². The van der Waals surface area contributed by atoms with E-state index in [2.05, 4.69) is 159 Å². The molecule has 0 N–H and O–H groups in total. The first-order valence-corrected chi connectivity index (χ1v) is 19.8. The smallest absolute Gasteiger partial charge is 0.849 e. The Balaban J connectivity index is 0.000000216. The average Bonchev–Trinajstić information content (AvgIpc) is 3.73. The Morgan fingerprint density at radius 1 is 0.449 bits per heavy atom. The van der Waals surface area contributed by atoms with Crippen molar-refractivity contribution in [3.8, 4) is 0 Å². The Morgan fingerprint density at radius 2 is 0.694 bits per heavy atom. The van der Waals surface area contributed by atoms with Gasteiger partial charge >= 0.3 is 17.1 Å². The number of hydrogen-bond acceptors (Lipinski definition) is 2. The minimum absolute atomic E-state index is 0. The molecule has 0 aromatic heterocycles.